The first-order valence-electron chi connectivity index (χ1n) is 5.46. The van der Waals surface area contributed by atoms with Crippen LogP contribution in [0.15, 0.2) is 34.7 Å². The molecule has 0 radical (unpaired) electrons. The molecule has 0 unspecified atom stereocenters. The maximum Gasteiger partial charge on any atom is 0.134 e. The lowest BCUT2D eigenvalue weighted by molar-refractivity contribution is 0.522. The summed E-state index contributed by atoms with van der Waals surface area (Å²) >= 11 is 11.8. The minimum absolute atomic E-state index is 0.253. The monoisotopic (exact) mass is 267 g/mol. The first-order valence-corrected chi connectivity index (χ1v) is 6.21. The molecular formula is C13H11Cl2NO. The molecule has 1 aromatic carbocycles. The molecule has 3 rings (SSSR count). The molecule has 17 heavy (non-hydrogen) atoms. The van der Waals surface area contributed by atoms with Gasteiger partial charge in [-0.2, -0.15) is 0 Å². The second kappa shape index (κ2) is 4.05. The van der Waals surface area contributed by atoms with Gasteiger partial charge in [-0.3, -0.25) is 0 Å². The van der Waals surface area contributed by atoms with Gasteiger partial charge in [0.05, 0.1) is 10.0 Å². The van der Waals surface area contributed by atoms with Gasteiger partial charge < -0.3 is 10.2 Å². The van der Waals surface area contributed by atoms with Crippen LogP contribution in [0.1, 0.15) is 18.1 Å². The minimum Gasteiger partial charge on any atom is -0.461 e. The smallest absolute Gasteiger partial charge is 0.134 e. The molecule has 1 heterocycles. The molecule has 1 aliphatic rings. The van der Waals surface area contributed by atoms with E-state index in [1.807, 2.05) is 18.2 Å². The van der Waals surface area contributed by atoms with E-state index < -0.39 is 0 Å². The normalized spacial score (nSPS) is 22.8. The molecular weight excluding hydrogens is 257 g/mol. The van der Waals surface area contributed by atoms with Crippen LogP contribution in [0.5, 0.6) is 0 Å². The fourth-order valence-corrected chi connectivity index (χ4v) is 2.20. The van der Waals surface area contributed by atoms with Crippen LogP contribution in [0.2, 0.25) is 10.0 Å². The van der Waals surface area contributed by atoms with E-state index in [2.05, 4.69) is 0 Å². The van der Waals surface area contributed by atoms with E-state index in [4.69, 9.17) is 33.4 Å². The van der Waals surface area contributed by atoms with Crippen molar-refractivity contribution in [2.75, 3.05) is 0 Å². The third-order valence-corrected chi connectivity index (χ3v) is 3.78. The Kier molecular flexibility index (Phi) is 2.66. The number of benzene rings is 1. The third kappa shape index (κ3) is 2.08. The van der Waals surface area contributed by atoms with Gasteiger partial charge in [0.15, 0.2) is 0 Å². The zero-order valence-corrected chi connectivity index (χ0v) is 10.5. The molecule has 0 spiro atoms. The van der Waals surface area contributed by atoms with Crippen LogP contribution < -0.4 is 5.73 Å². The number of rotatable bonds is 2. The van der Waals surface area contributed by atoms with Gasteiger partial charge in [-0.25, -0.2) is 0 Å². The van der Waals surface area contributed by atoms with Crippen LogP contribution in [-0.4, -0.2) is 6.04 Å². The number of nitrogens with two attached hydrogens (primary N) is 1. The third-order valence-electron chi connectivity index (χ3n) is 3.04. The zero-order valence-electron chi connectivity index (χ0n) is 8.99. The van der Waals surface area contributed by atoms with Crippen LogP contribution in [-0.2, 0) is 0 Å². The summed E-state index contributed by atoms with van der Waals surface area (Å²) in [7, 11) is 0. The molecule has 88 valence electrons. The average Bonchev–Trinajstić information content (AvgIpc) is 2.86. The standard InChI is InChI=1S/C13H11Cl2NO/c14-9-2-1-7(5-10(9)15)12-3-4-13(17-12)8-6-11(8)16/h1-5,8,11H,6,16H2/t8-,11+/m1/s1. The molecule has 1 aromatic heterocycles. The van der Waals surface area contributed by atoms with Gasteiger partial charge in [0.25, 0.3) is 0 Å². The molecule has 2 nitrogen and oxygen atoms in total. The molecule has 2 atom stereocenters. The molecule has 1 fully saturated rings. The van der Waals surface area contributed by atoms with Crippen LogP contribution in [0.25, 0.3) is 11.3 Å². The molecule has 2 aromatic rings. The van der Waals surface area contributed by atoms with E-state index in [0.29, 0.717) is 16.0 Å². The largest absolute Gasteiger partial charge is 0.461 e. The Morgan fingerprint density at radius 1 is 1.12 bits per heavy atom. The molecule has 0 amide bonds. The maximum atomic E-state index is 5.97. The second-order valence-corrected chi connectivity index (χ2v) is 5.15. The summed E-state index contributed by atoms with van der Waals surface area (Å²) in [4.78, 5) is 0. The molecule has 4 heteroatoms. The van der Waals surface area contributed by atoms with Crippen molar-refractivity contribution < 1.29 is 4.42 Å². The predicted octanol–water partition coefficient (Wildman–Crippen LogP) is 4.07. The number of hydrogen-bond donors (Lipinski definition) is 1. The fraction of sp³-hybridized carbons (Fsp3) is 0.231. The topological polar surface area (TPSA) is 39.2 Å². The van der Waals surface area contributed by atoms with Gasteiger partial charge in [-0.05, 0) is 36.8 Å². The van der Waals surface area contributed by atoms with E-state index in [1.54, 1.807) is 12.1 Å². The average molecular weight is 268 g/mol. The van der Waals surface area contributed by atoms with Crippen LogP contribution >= 0.6 is 23.2 Å². The highest BCUT2D eigenvalue weighted by atomic mass is 35.5. The van der Waals surface area contributed by atoms with Crippen LogP contribution in [0.4, 0.5) is 0 Å². The van der Waals surface area contributed by atoms with Crippen molar-refractivity contribution in [1.29, 1.82) is 0 Å². The van der Waals surface area contributed by atoms with Crippen molar-refractivity contribution in [1.82, 2.24) is 0 Å². The van der Waals surface area contributed by atoms with E-state index in [-0.39, 0.29) is 6.04 Å². The van der Waals surface area contributed by atoms with Crippen LogP contribution in [0, 0.1) is 0 Å². The zero-order chi connectivity index (χ0) is 12.0. The van der Waals surface area contributed by atoms with E-state index in [1.165, 1.54) is 0 Å². The lowest BCUT2D eigenvalue weighted by Crippen LogP contribution is -2.00. The summed E-state index contributed by atoms with van der Waals surface area (Å²) < 4.78 is 5.78. The van der Waals surface area contributed by atoms with E-state index in [0.717, 1.165) is 23.5 Å². The van der Waals surface area contributed by atoms with Crippen molar-refractivity contribution in [3.8, 4) is 11.3 Å². The lowest BCUT2D eigenvalue weighted by atomic mass is 10.2. The minimum atomic E-state index is 0.253. The molecule has 2 N–H and O–H groups in total. The highest BCUT2D eigenvalue weighted by Crippen LogP contribution is 2.41. The van der Waals surface area contributed by atoms with Crippen molar-refractivity contribution >= 4 is 23.2 Å². The molecule has 1 aliphatic carbocycles. The van der Waals surface area contributed by atoms with E-state index in [9.17, 15) is 0 Å². The Bertz CT molecular complexity index is 564. The van der Waals surface area contributed by atoms with Gasteiger partial charge >= 0.3 is 0 Å². The van der Waals surface area contributed by atoms with Crippen molar-refractivity contribution in [3.63, 3.8) is 0 Å². The number of halogens is 2. The van der Waals surface area contributed by atoms with Gasteiger partial charge in [-0.1, -0.05) is 23.2 Å². The van der Waals surface area contributed by atoms with Crippen molar-refractivity contribution in [2.45, 2.75) is 18.4 Å². The first kappa shape index (κ1) is 11.1. The highest BCUT2D eigenvalue weighted by molar-refractivity contribution is 6.42. The Labute approximate surface area is 109 Å². The summed E-state index contributed by atoms with van der Waals surface area (Å²) in [6, 6.07) is 9.64. The lowest BCUT2D eigenvalue weighted by Gasteiger charge is -2.00. The maximum absolute atomic E-state index is 5.97. The summed E-state index contributed by atoms with van der Waals surface area (Å²) in [6.45, 7) is 0. The SMILES string of the molecule is N[C@H]1C[C@H]1c1ccc(-c2ccc(Cl)c(Cl)c2)o1. The summed E-state index contributed by atoms with van der Waals surface area (Å²) in [6.07, 6.45) is 1.01. The number of hydrogen-bond acceptors (Lipinski definition) is 2. The van der Waals surface area contributed by atoms with Gasteiger partial charge in [0.2, 0.25) is 0 Å². The Morgan fingerprint density at radius 2 is 1.88 bits per heavy atom. The first-order chi connectivity index (χ1) is 8.15. The van der Waals surface area contributed by atoms with Crippen molar-refractivity contribution in [3.05, 3.63) is 46.1 Å². The quantitative estimate of drug-likeness (QED) is 0.891. The van der Waals surface area contributed by atoms with Gasteiger partial charge in [0, 0.05) is 17.5 Å². The molecule has 0 bridgehead atoms. The predicted molar refractivity (Wildman–Crippen MR) is 69.5 cm³/mol. The summed E-state index contributed by atoms with van der Waals surface area (Å²) in [5, 5.41) is 1.08. The Balaban J connectivity index is 1.92. The summed E-state index contributed by atoms with van der Waals surface area (Å²) in [5.41, 5.74) is 6.72. The second-order valence-electron chi connectivity index (χ2n) is 4.34. The fourth-order valence-electron chi connectivity index (χ4n) is 1.90. The van der Waals surface area contributed by atoms with Crippen LogP contribution in [0.3, 0.4) is 0 Å². The van der Waals surface area contributed by atoms with Crippen molar-refractivity contribution in [2.24, 2.45) is 5.73 Å². The van der Waals surface area contributed by atoms with Gasteiger partial charge in [0.1, 0.15) is 11.5 Å². The Hall–Kier alpha value is -0.960. The summed E-state index contributed by atoms with van der Waals surface area (Å²) in [5.74, 6) is 2.14. The Morgan fingerprint density at radius 3 is 2.53 bits per heavy atom. The van der Waals surface area contributed by atoms with E-state index >= 15 is 0 Å². The molecule has 0 aliphatic heterocycles. The van der Waals surface area contributed by atoms with Gasteiger partial charge in [-0.15, -0.1) is 0 Å². The molecule has 0 saturated heterocycles. The number of furan rings is 1. The highest BCUT2D eigenvalue weighted by Gasteiger charge is 2.37. The molecule has 1 saturated carbocycles.